The van der Waals surface area contributed by atoms with E-state index in [-0.39, 0.29) is 24.7 Å². The molecule has 0 bridgehead atoms. The third-order valence-electron chi connectivity index (χ3n) is 4.33. The van der Waals surface area contributed by atoms with Gasteiger partial charge in [0.1, 0.15) is 6.04 Å². The van der Waals surface area contributed by atoms with Gasteiger partial charge < -0.3 is 10.5 Å². The van der Waals surface area contributed by atoms with Crippen LogP contribution in [0, 0.1) is 0 Å². The predicted molar refractivity (Wildman–Crippen MR) is 80.8 cm³/mol. The van der Waals surface area contributed by atoms with Crippen molar-refractivity contribution in [1.29, 1.82) is 0 Å². The van der Waals surface area contributed by atoms with Crippen LogP contribution in [0.5, 0.6) is 0 Å². The number of hydrogen-bond acceptors (Lipinski definition) is 4. The Kier molecular flexibility index (Phi) is 4.20. The summed E-state index contributed by atoms with van der Waals surface area (Å²) in [6.45, 7) is 0.431. The molecule has 1 aromatic rings. The summed E-state index contributed by atoms with van der Waals surface area (Å²) in [4.78, 5) is 11.7. The highest BCUT2D eigenvalue weighted by atomic mass is 32.2. The van der Waals surface area contributed by atoms with Crippen molar-refractivity contribution in [3.05, 3.63) is 29.3 Å². The van der Waals surface area contributed by atoms with Gasteiger partial charge in [-0.05, 0) is 48.9 Å². The van der Waals surface area contributed by atoms with Crippen molar-refractivity contribution in [1.82, 2.24) is 4.31 Å². The van der Waals surface area contributed by atoms with Crippen molar-refractivity contribution in [3.8, 4) is 0 Å². The average molecular weight is 324 g/mol. The Morgan fingerprint density at radius 1 is 1.23 bits per heavy atom. The van der Waals surface area contributed by atoms with Crippen LogP contribution in [0.25, 0.3) is 0 Å². The van der Waals surface area contributed by atoms with E-state index in [1.54, 1.807) is 12.1 Å². The molecule has 6 nitrogen and oxygen atoms in total. The first-order chi connectivity index (χ1) is 10.5. The Morgan fingerprint density at radius 3 is 2.68 bits per heavy atom. The van der Waals surface area contributed by atoms with Crippen LogP contribution in [0.2, 0.25) is 0 Å². The second-order valence-electron chi connectivity index (χ2n) is 5.75. The lowest BCUT2D eigenvalue weighted by molar-refractivity contribution is -0.125. The van der Waals surface area contributed by atoms with Crippen molar-refractivity contribution in [2.45, 2.75) is 36.6 Å². The number of nitrogens with zero attached hydrogens (tertiary/aromatic N) is 1. The third kappa shape index (κ3) is 2.76. The first-order valence-corrected chi connectivity index (χ1v) is 8.95. The zero-order valence-electron chi connectivity index (χ0n) is 12.3. The fourth-order valence-electron chi connectivity index (χ4n) is 3.11. The van der Waals surface area contributed by atoms with Crippen molar-refractivity contribution in [2.24, 2.45) is 5.73 Å². The number of carbonyl (C=O) groups is 1. The van der Waals surface area contributed by atoms with Gasteiger partial charge in [0.2, 0.25) is 15.9 Å². The Morgan fingerprint density at radius 2 is 1.95 bits per heavy atom. The quantitative estimate of drug-likeness (QED) is 0.873. The summed E-state index contributed by atoms with van der Waals surface area (Å²) in [6.07, 6.45) is 4.13. The molecule has 0 saturated carbocycles. The van der Waals surface area contributed by atoms with Gasteiger partial charge in [-0.25, -0.2) is 8.42 Å². The van der Waals surface area contributed by atoms with Gasteiger partial charge in [-0.2, -0.15) is 4.31 Å². The minimum atomic E-state index is -3.74. The number of aryl methyl sites for hydroxylation is 2. The van der Waals surface area contributed by atoms with Gasteiger partial charge in [-0.15, -0.1) is 0 Å². The monoisotopic (exact) mass is 324 g/mol. The molecule has 1 unspecified atom stereocenters. The molecule has 1 atom stereocenters. The van der Waals surface area contributed by atoms with E-state index in [1.807, 2.05) is 6.07 Å². The first kappa shape index (κ1) is 15.5. The number of ether oxygens (including phenoxy) is 1. The summed E-state index contributed by atoms with van der Waals surface area (Å²) in [6, 6.07) is 4.33. The summed E-state index contributed by atoms with van der Waals surface area (Å²) in [5.41, 5.74) is 7.63. The molecule has 1 heterocycles. The standard InChI is InChI=1S/C15H20N2O4S/c16-15(18)14-10-21-8-7-17(14)22(19,20)13-6-5-11-3-1-2-4-12(11)9-13/h5-6,9,14H,1-4,7-8,10H2,(H2,16,18). The molecular formula is C15H20N2O4S. The lowest BCUT2D eigenvalue weighted by Crippen LogP contribution is -2.54. The molecule has 0 aromatic heterocycles. The van der Waals surface area contributed by atoms with Gasteiger partial charge in [-0.1, -0.05) is 6.07 Å². The minimum Gasteiger partial charge on any atom is -0.378 e. The molecule has 1 aliphatic heterocycles. The molecule has 1 aliphatic carbocycles. The molecule has 1 fully saturated rings. The van der Waals surface area contributed by atoms with Crippen molar-refractivity contribution in [3.63, 3.8) is 0 Å². The van der Waals surface area contributed by atoms with Crippen molar-refractivity contribution >= 4 is 15.9 Å². The molecule has 2 N–H and O–H groups in total. The number of amides is 1. The lowest BCUT2D eigenvalue weighted by Gasteiger charge is -2.32. The molecule has 2 aliphatic rings. The highest BCUT2D eigenvalue weighted by Crippen LogP contribution is 2.27. The maximum atomic E-state index is 12.9. The van der Waals surface area contributed by atoms with Gasteiger partial charge in [0, 0.05) is 6.54 Å². The molecule has 22 heavy (non-hydrogen) atoms. The number of morpholine rings is 1. The van der Waals surface area contributed by atoms with Crippen LogP contribution in [0.3, 0.4) is 0 Å². The van der Waals surface area contributed by atoms with Crippen molar-refractivity contribution in [2.75, 3.05) is 19.8 Å². The van der Waals surface area contributed by atoms with E-state index in [4.69, 9.17) is 10.5 Å². The van der Waals surface area contributed by atoms with Gasteiger partial charge in [0.05, 0.1) is 18.1 Å². The number of primary amides is 1. The molecule has 1 saturated heterocycles. The van der Waals surface area contributed by atoms with Gasteiger partial charge >= 0.3 is 0 Å². The number of carbonyl (C=O) groups excluding carboxylic acids is 1. The van der Waals surface area contributed by atoms with Crippen LogP contribution in [-0.2, 0) is 32.4 Å². The van der Waals surface area contributed by atoms with E-state index in [2.05, 4.69) is 0 Å². The van der Waals surface area contributed by atoms with E-state index >= 15 is 0 Å². The van der Waals surface area contributed by atoms with Crippen molar-refractivity contribution < 1.29 is 17.9 Å². The first-order valence-electron chi connectivity index (χ1n) is 7.51. The highest BCUT2D eigenvalue weighted by molar-refractivity contribution is 7.89. The molecule has 0 spiro atoms. The zero-order valence-corrected chi connectivity index (χ0v) is 13.1. The summed E-state index contributed by atoms with van der Waals surface area (Å²) < 4.78 is 32.1. The summed E-state index contributed by atoms with van der Waals surface area (Å²) in [5, 5.41) is 0. The number of hydrogen-bond donors (Lipinski definition) is 1. The molecule has 120 valence electrons. The maximum absolute atomic E-state index is 12.9. The Bertz CT molecular complexity index is 687. The smallest absolute Gasteiger partial charge is 0.243 e. The number of fused-ring (bicyclic) bond motifs is 1. The molecule has 0 radical (unpaired) electrons. The van der Waals surface area contributed by atoms with Crippen LogP contribution in [0.1, 0.15) is 24.0 Å². The SMILES string of the molecule is NC(=O)C1COCCN1S(=O)(=O)c1ccc2c(c1)CCCC2. The minimum absolute atomic E-state index is 0.0134. The normalized spacial score (nSPS) is 23.0. The summed E-state index contributed by atoms with van der Waals surface area (Å²) in [5.74, 6) is -0.679. The van der Waals surface area contributed by atoms with E-state index in [9.17, 15) is 13.2 Å². The molecule has 1 aromatic carbocycles. The third-order valence-corrected chi connectivity index (χ3v) is 6.24. The second kappa shape index (κ2) is 5.98. The van der Waals surface area contributed by atoms with Gasteiger partial charge in [-0.3, -0.25) is 4.79 Å². The number of rotatable bonds is 3. The Hall–Kier alpha value is -1.44. The van der Waals surface area contributed by atoms with Crippen LogP contribution in [0.4, 0.5) is 0 Å². The molecular weight excluding hydrogens is 304 g/mol. The molecule has 7 heteroatoms. The maximum Gasteiger partial charge on any atom is 0.243 e. The van der Waals surface area contributed by atoms with Crippen LogP contribution in [0.15, 0.2) is 23.1 Å². The second-order valence-corrected chi connectivity index (χ2v) is 7.64. The van der Waals surface area contributed by atoms with E-state index < -0.39 is 22.0 Å². The van der Waals surface area contributed by atoms with Crippen LogP contribution < -0.4 is 5.73 Å². The number of nitrogens with two attached hydrogens (primary N) is 1. The van der Waals surface area contributed by atoms with E-state index in [0.717, 1.165) is 31.2 Å². The number of benzene rings is 1. The average Bonchev–Trinajstić information content (AvgIpc) is 2.54. The van der Waals surface area contributed by atoms with Gasteiger partial charge in [0.15, 0.2) is 0 Å². The topological polar surface area (TPSA) is 89.7 Å². The Labute approximate surface area is 130 Å². The fourth-order valence-corrected chi connectivity index (χ4v) is 4.72. The summed E-state index contributed by atoms with van der Waals surface area (Å²) >= 11 is 0. The molecule has 3 rings (SSSR count). The van der Waals surface area contributed by atoms with E-state index in [1.165, 1.54) is 9.87 Å². The largest absolute Gasteiger partial charge is 0.378 e. The van der Waals surface area contributed by atoms with E-state index in [0.29, 0.717) is 0 Å². The number of sulfonamides is 1. The Balaban J connectivity index is 1.96. The predicted octanol–water partition coefficient (Wildman–Crippen LogP) is 0.440. The lowest BCUT2D eigenvalue weighted by atomic mass is 9.92. The molecule has 1 amide bonds. The van der Waals surface area contributed by atoms with Gasteiger partial charge in [0.25, 0.3) is 0 Å². The van der Waals surface area contributed by atoms with Crippen LogP contribution in [-0.4, -0.2) is 44.4 Å². The highest BCUT2D eigenvalue weighted by Gasteiger charge is 2.37. The fraction of sp³-hybridized carbons (Fsp3) is 0.533. The van der Waals surface area contributed by atoms with Crippen LogP contribution >= 0.6 is 0 Å². The zero-order chi connectivity index (χ0) is 15.7. The summed E-state index contributed by atoms with van der Waals surface area (Å²) in [7, 11) is -3.74.